The highest BCUT2D eigenvalue weighted by Crippen LogP contribution is 2.40. The molecule has 210 valence electrons. The number of halogens is 4. The maximum absolute atomic E-state index is 15.6. The van der Waals surface area contributed by atoms with Crippen LogP contribution >= 0.6 is 0 Å². The van der Waals surface area contributed by atoms with Gasteiger partial charge in [-0.2, -0.15) is 13.2 Å². The number of rotatable bonds is 4. The fourth-order valence-electron chi connectivity index (χ4n) is 5.12. The van der Waals surface area contributed by atoms with Gasteiger partial charge in [0.15, 0.2) is 5.75 Å². The summed E-state index contributed by atoms with van der Waals surface area (Å²) in [5, 5.41) is 4.99. The van der Waals surface area contributed by atoms with Gasteiger partial charge in [0.05, 0.1) is 23.2 Å². The third-order valence-electron chi connectivity index (χ3n) is 7.52. The number of ether oxygens (including phenoxy) is 2. The average Bonchev–Trinajstić information content (AvgIpc) is 2.90. The van der Waals surface area contributed by atoms with Crippen LogP contribution in [0, 0.1) is 17.7 Å². The zero-order chi connectivity index (χ0) is 27.9. The van der Waals surface area contributed by atoms with E-state index >= 15 is 4.39 Å². The van der Waals surface area contributed by atoms with Crippen molar-refractivity contribution in [2.75, 3.05) is 56.7 Å². The fraction of sp³-hybridized carbons (Fsp3) is 0.500. The normalized spacial score (nSPS) is 23.8. The maximum Gasteiger partial charge on any atom is 0.393 e. The number of anilines is 2. The van der Waals surface area contributed by atoms with Crippen molar-refractivity contribution in [1.29, 1.82) is 0 Å². The highest BCUT2D eigenvalue weighted by Gasteiger charge is 2.50. The Kier molecular flexibility index (Phi) is 7.27. The first-order valence-electron chi connectivity index (χ1n) is 12.7. The molecule has 3 aliphatic rings. The van der Waals surface area contributed by atoms with E-state index in [2.05, 4.69) is 20.5 Å². The molecule has 0 aliphatic carbocycles. The Bertz CT molecular complexity index is 1270. The molecule has 2 saturated heterocycles. The van der Waals surface area contributed by atoms with E-state index in [4.69, 9.17) is 9.47 Å². The quantitative estimate of drug-likeness (QED) is 0.564. The summed E-state index contributed by atoms with van der Waals surface area (Å²) in [4.78, 5) is 33.2. The first-order valence-corrected chi connectivity index (χ1v) is 12.7. The summed E-state index contributed by atoms with van der Waals surface area (Å²) in [5.74, 6) is -5.30. The van der Waals surface area contributed by atoms with Gasteiger partial charge in [0.1, 0.15) is 19.0 Å². The minimum absolute atomic E-state index is 0.0880. The van der Waals surface area contributed by atoms with Crippen LogP contribution < -0.4 is 25.0 Å². The Morgan fingerprint density at radius 3 is 2.69 bits per heavy atom. The molecule has 13 heteroatoms. The van der Waals surface area contributed by atoms with E-state index in [1.165, 1.54) is 18.3 Å². The van der Waals surface area contributed by atoms with E-state index in [9.17, 15) is 22.8 Å². The molecule has 0 spiro atoms. The summed E-state index contributed by atoms with van der Waals surface area (Å²) in [7, 11) is 1.97. The molecule has 3 aliphatic heterocycles. The van der Waals surface area contributed by atoms with Crippen LogP contribution in [0.3, 0.4) is 0 Å². The minimum Gasteiger partial charge on any atom is -0.484 e. The van der Waals surface area contributed by atoms with Crippen molar-refractivity contribution in [2.24, 2.45) is 11.8 Å². The van der Waals surface area contributed by atoms with E-state index in [1.807, 2.05) is 18.9 Å². The molecule has 1 aromatic heterocycles. The fourth-order valence-corrected chi connectivity index (χ4v) is 5.12. The van der Waals surface area contributed by atoms with Crippen LogP contribution in [0.5, 0.6) is 11.6 Å². The van der Waals surface area contributed by atoms with Gasteiger partial charge < -0.3 is 29.9 Å². The summed E-state index contributed by atoms with van der Waals surface area (Å²) in [6.45, 7) is 3.93. The van der Waals surface area contributed by atoms with Gasteiger partial charge >= 0.3 is 6.18 Å². The highest BCUT2D eigenvalue weighted by molar-refractivity contribution is 5.98. The number of hydrogen-bond acceptors (Lipinski definition) is 7. The number of likely N-dealkylation sites (N-methyl/N-ethyl adjacent to an activating group) is 1. The smallest absolute Gasteiger partial charge is 0.393 e. The summed E-state index contributed by atoms with van der Waals surface area (Å²) in [6, 6.07) is 4.38. The van der Waals surface area contributed by atoms with E-state index in [1.54, 1.807) is 6.07 Å². The minimum atomic E-state index is -4.74. The molecule has 39 heavy (non-hydrogen) atoms. The molecular weight excluding hydrogens is 522 g/mol. The number of carbonyl (C=O) groups excluding carboxylic acids is 2. The molecule has 0 radical (unpaired) electrons. The van der Waals surface area contributed by atoms with E-state index in [-0.39, 0.29) is 23.2 Å². The second-order valence-corrected chi connectivity index (χ2v) is 10.1. The lowest BCUT2D eigenvalue weighted by Gasteiger charge is -2.40. The van der Waals surface area contributed by atoms with Crippen molar-refractivity contribution in [1.82, 2.24) is 15.2 Å². The molecular formula is C26H29F4N5O4. The molecule has 2 aromatic rings. The SMILES string of the molecule is C[C@H]1CN(c2cc(F)c(-c3cnc4c(c3)OCCO4)cc2NC(=O)C2CNC(=O)CC2C(F)(F)F)CCN1C. The van der Waals surface area contributed by atoms with E-state index < -0.39 is 48.6 Å². The standard InChI is InChI=1S/C26H29F4N5O4/c1-14-13-35(4-3-34(14)2)21-10-19(27)16(15-7-22-25(32-11-15)39-6-5-38-22)8-20(21)33-24(37)17-12-31-23(36)9-18(17)26(28,29)30/h7-8,10-11,14,17-18H,3-6,9,12-13H2,1-2H3,(H,31,36)(H,33,37)/t14-,17?,18?/m0/s1. The van der Waals surface area contributed by atoms with Crippen LogP contribution in [0.2, 0.25) is 0 Å². The van der Waals surface area contributed by atoms with E-state index in [0.29, 0.717) is 49.8 Å². The third-order valence-corrected chi connectivity index (χ3v) is 7.52. The molecule has 1 aromatic carbocycles. The highest BCUT2D eigenvalue weighted by atomic mass is 19.4. The Morgan fingerprint density at radius 2 is 1.95 bits per heavy atom. The number of nitrogens with one attached hydrogen (secondary N) is 2. The van der Waals surface area contributed by atoms with Crippen molar-refractivity contribution in [2.45, 2.75) is 25.6 Å². The van der Waals surface area contributed by atoms with Gasteiger partial charge in [-0.3, -0.25) is 9.59 Å². The van der Waals surface area contributed by atoms with Crippen LogP contribution in [0.25, 0.3) is 11.1 Å². The topological polar surface area (TPSA) is 96.0 Å². The average molecular weight is 552 g/mol. The van der Waals surface area contributed by atoms with Gasteiger partial charge in [0.25, 0.3) is 5.88 Å². The van der Waals surface area contributed by atoms with Crippen molar-refractivity contribution >= 4 is 23.2 Å². The van der Waals surface area contributed by atoms with Gasteiger partial charge in [0, 0.05) is 56.0 Å². The molecule has 2 amide bonds. The van der Waals surface area contributed by atoms with Gasteiger partial charge in [-0.1, -0.05) is 0 Å². The molecule has 9 nitrogen and oxygen atoms in total. The van der Waals surface area contributed by atoms with Crippen molar-refractivity contribution in [3.63, 3.8) is 0 Å². The number of piperidine rings is 1. The predicted octanol–water partition coefficient (Wildman–Crippen LogP) is 3.05. The van der Waals surface area contributed by atoms with Gasteiger partial charge in [-0.15, -0.1) is 0 Å². The van der Waals surface area contributed by atoms with E-state index in [0.717, 1.165) is 0 Å². The van der Waals surface area contributed by atoms with Crippen LogP contribution in [0.15, 0.2) is 24.4 Å². The number of nitrogens with zero attached hydrogens (tertiary/aromatic N) is 3. The molecule has 2 N–H and O–H groups in total. The molecule has 2 fully saturated rings. The largest absolute Gasteiger partial charge is 0.484 e. The number of benzene rings is 1. The van der Waals surface area contributed by atoms with Gasteiger partial charge in [0.2, 0.25) is 11.8 Å². The molecule has 0 bridgehead atoms. The second kappa shape index (κ2) is 10.5. The number of fused-ring (bicyclic) bond motifs is 1. The number of hydrogen-bond donors (Lipinski definition) is 2. The number of carbonyl (C=O) groups is 2. The number of piperazine rings is 1. The first kappa shape index (κ1) is 27.0. The maximum atomic E-state index is 15.6. The molecule has 5 rings (SSSR count). The van der Waals surface area contributed by atoms with Crippen LogP contribution in [0.1, 0.15) is 13.3 Å². The predicted molar refractivity (Wildman–Crippen MR) is 134 cm³/mol. The molecule has 4 heterocycles. The monoisotopic (exact) mass is 551 g/mol. The lowest BCUT2D eigenvalue weighted by atomic mass is 9.84. The van der Waals surface area contributed by atoms with Gasteiger partial charge in [-0.25, -0.2) is 9.37 Å². The Labute approximate surface area is 222 Å². The zero-order valence-corrected chi connectivity index (χ0v) is 21.5. The second-order valence-electron chi connectivity index (χ2n) is 10.1. The van der Waals surface area contributed by atoms with Crippen LogP contribution in [0.4, 0.5) is 28.9 Å². The number of amides is 2. The lowest BCUT2D eigenvalue weighted by Crippen LogP contribution is -2.51. The number of aromatic nitrogens is 1. The molecule has 2 unspecified atom stereocenters. The summed E-state index contributed by atoms with van der Waals surface area (Å²) < 4.78 is 67.8. The van der Waals surface area contributed by atoms with Crippen LogP contribution in [-0.4, -0.2) is 80.4 Å². The Hall–Kier alpha value is -3.61. The third kappa shape index (κ3) is 5.58. The van der Waals surface area contributed by atoms with Crippen molar-refractivity contribution < 1.29 is 36.6 Å². The number of pyridine rings is 1. The molecule has 0 saturated carbocycles. The van der Waals surface area contributed by atoms with Crippen LogP contribution in [-0.2, 0) is 9.59 Å². The first-order chi connectivity index (χ1) is 18.5. The van der Waals surface area contributed by atoms with Crippen molar-refractivity contribution in [3.8, 4) is 22.8 Å². The zero-order valence-electron chi connectivity index (χ0n) is 21.5. The molecule has 3 atom stereocenters. The van der Waals surface area contributed by atoms with Crippen molar-refractivity contribution in [3.05, 3.63) is 30.2 Å². The summed E-state index contributed by atoms with van der Waals surface area (Å²) >= 11 is 0. The summed E-state index contributed by atoms with van der Waals surface area (Å²) in [6.07, 6.45) is -4.16. The summed E-state index contributed by atoms with van der Waals surface area (Å²) in [5.41, 5.74) is 0.966. The Balaban J connectivity index is 1.52. The number of alkyl halides is 3. The van der Waals surface area contributed by atoms with Gasteiger partial charge in [-0.05, 0) is 32.2 Å². The Morgan fingerprint density at radius 1 is 1.18 bits per heavy atom. The lowest BCUT2D eigenvalue weighted by molar-refractivity contribution is -0.197.